The molecule has 0 amide bonds. The van der Waals surface area contributed by atoms with Gasteiger partial charge in [-0.3, -0.25) is 4.79 Å². The molecular weight excluding hydrogens is 156 g/mol. The summed E-state index contributed by atoms with van der Waals surface area (Å²) in [5.74, 6) is 0. The highest BCUT2D eigenvalue weighted by atomic mass is 35.5. The van der Waals surface area contributed by atoms with Gasteiger partial charge < -0.3 is 4.84 Å². The summed E-state index contributed by atoms with van der Waals surface area (Å²) in [5.41, 5.74) is -0.331. The third-order valence-corrected chi connectivity index (χ3v) is 1.20. The largest absolute Gasteiger partial charge is 0.411 e. The summed E-state index contributed by atoms with van der Waals surface area (Å²) in [6.07, 6.45) is 1.32. The first kappa shape index (κ1) is 7.08. The fraction of sp³-hybridized carbons (Fsp3) is 0.200. The van der Waals surface area contributed by atoms with E-state index >= 15 is 0 Å². The fourth-order valence-corrected chi connectivity index (χ4v) is 0.748. The third-order valence-electron chi connectivity index (χ3n) is 0.949. The summed E-state index contributed by atoms with van der Waals surface area (Å²) >= 11 is 5.46. The number of rotatable bonds is 1. The molecular formula is C5H5ClN2O2. The smallest absolute Gasteiger partial charge is 0.287 e. The van der Waals surface area contributed by atoms with E-state index in [-0.39, 0.29) is 10.8 Å². The van der Waals surface area contributed by atoms with E-state index < -0.39 is 0 Å². The fourth-order valence-electron chi connectivity index (χ4n) is 0.539. The number of nitrogens with zero attached hydrogens (tertiary/aromatic N) is 2. The van der Waals surface area contributed by atoms with E-state index in [0.29, 0.717) is 0 Å². The van der Waals surface area contributed by atoms with Gasteiger partial charge in [0.2, 0.25) is 5.28 Å². The van der Waals surface area contributed by atoms with Crippen molar-refractivity contribution in [2.75, 3.05) is 7.11 Å². The van der Waals surface area contributed by atoms with Gasteiger partial charge >= 0.3 is 0 Å². The van der Waals surface area contributed by atoms with Crippen LogP contribution in [0.25, 0.3) is 0 Å². The molecule has 0 spiro atoms. The van der Waals surface area contributed by atoms with Crippen molar-refractivity contribution in [3.63, 3.8) is 0 Å². The van der Waals surface area contributed by atoms with Gasteiger partial charge in [-0.05, 0) is 11.6 Å². The second kappa shape index (κ2) is 2.70. The molecule has 0 aromatic carbocycles. The zero-order chi connectivity index (χ0) is 7.56. The quantitative estimate of drug-likeness (QED) is 0.542. The molecule has 0 saturated carbocycles. The minimum absolute atomic E-state index is 0.0231. The van der Waals surface area contributed by atoms with Gasteiger partial charge in [0.25, 0.3) is 5.56 Å². The Kier molecular flexibility index (Phi) is 1.91. The first-order chi connectivity index (χ1) is 4.75. The average Bonchev–Trinajstić information content (AvgIpc) is 1.88. The lowest BCUT2D eigenvalue weighted by Gasteiger charge is -2.01. The molecule has 0 unspecified atom stereocenters. The molecule has 1 aromatic rings. The average molecular weight is 161 g/mol. The van der Waals surface area contributed by atoms with Gasteiger partial charge in [0.1, 0.15) is 7.11 Å². The first-order valence-electron chi connectivity index (χ1n) is 2.53. The van der Waals surface area contributed by atoms with Crippen molar-refractivity contribution in [2.45, 2.75) is 0 Å². The van der Waals surface area contributed by atoms with Crippen molar-refractivity contribution < 1.29 is 4.84 Å². The third kappa shape index (κ3) is 1.11. The van der Waals surface area contributed by atoms with Crippen LogP contribution in [0.5, 0.6) is 0 Å². The Labute approximate surface area is 62.0 Å². The molecule has 0 fully saturated rings. The highest BCUT2D eigenvalue weighted by molar-refractivity contribution is 6.28. The Balaban J connectivity index is 3.31. The molecule has 0 bridgehead atoms. The molecule has 0 atom stereocenters. The number of hydrogen-bond acceptors (Lipinski definition) is 3. The number of hydrogen-bond donors (Lipinski definition) is 0. The molecule has 0 aliphatic rings. The maximum Gasteiger partial charge on any atom is 0.287 e. The van der Waals surface area contributed by atoms with E-state index in [1.165, 1.54) is 19.4 Å². The first-order valence-corrected chi connectivity index (χ1v) is 2.91. The van der Waals surface area contributed by atoms with Crippen molar-refractivity contribution in [1.29, 1.82) is 0 Å². The van der Waals surface area contributed by atoms with Crippen LogP contribution in [0.15, 0.2) is 17.1 Å². The van der Waals surface area contributed by atoms with Crippen LogP contribution in [0.4, 0.5) is 0 Å². The molecule has 0 N–H and O–H groups in total. The Bertz CT molecular complexity index is 283. The molecule has 10 heavy (non-hydrogen) atoms. The van der Waals surface area contributed by atoms with Crippen molar-refractivity contribution >= 4 is 11.6 Å². The molecule has 0 aliphatic carbocycles. The molecule has 1 heterocycles. The van der Waals surface area contributed by atoms with Crippen LogP contribution in [0.2, 0.25) is 5.28 Å². The molecule has 1 aromatic heterocycles. The van der Waals surface area contributed by atoms with Gasteiger partial charge in [-0.25, -0.2) is 4.98 Å². The highest BCUT2D eigenvalue weighted by Crippen LogP contribution is 1.95. The molecule has 5 heteroatoms. The summed E-state index contributed by atoms with van der Waals surface area (Å²) < 4.78 is 0.890. The summed E-state index contributed by atoms with van der Waals surface area (Å²) in [7, 11) is 1.34. The topological polar surface area (TPSA) is 44.1 Å². The lowest BCUT2D eigenvalue weighted by Crippen LogP contribution is -2.24. The number of halogens is 1. The van der Waals surface area contributed by atoms with Gasteiger partial charge in [-0.2, -0.15) is 0 Å². The molecule has 4 nitrogen and oxygen atoms in total. The van der Waals surface area contributed by atoms with Crippen LogP contribution < -0.4 is 10.4 Å². The van der Waals surface area contributed by atoms with Crippen LogP contribution in [-0.2, 0) is 0 Å². The van der Waals surface area contributed by atoms with Crippen molar-refractivity contribution in [3.8, 4) is 0 Å². The van der Waals surface area contributed by atoms with E-state index in [1.807, 2.05) is 0 Å². The predicted molar refractivity (Wildman–Crippen MR) is 36.0 cm³/mol. The van der Waals surface area contributed by atoms with Gasteiger partial charge in [0.15, 0.2) is 0 Å². The van der Waals surface area contributed by atoms with E-state index in [0.717, 1.165) is 4.73 Å². The van der Waals surface area contributed by atoms with E-state index in [2.05, 4.69) is 9.82 Å². The van der Waals surface area contributed by atoms with Gasteiger partial charge in [0, 0.05) is 12.3 Å². The van der Waals surface area contributed by atoms with E-state index in [9.17, 15) is 4.79 Å². The van der Waals surface area contributed by atoms with Crippen LogP contribution in [0, 0.1) is 0 Å². The second-order valence-electron chi connectivity index (χ2n) is 1.53. The normalized spacial score (nSPS) is 9.40. The Morgan fingerprint density at radius 3 is 2.90 bits per heavy atom. The maximum atomic E-state index is 10.8. The lowest BCUT2D eigenvalue weighted by molar-refractivity contribution is 0.154. The SMILES string of the molecule is COn1c(Cl)nccc1=O. The van der Waals surface area contributed by atoms with E-state index in [1.54, 1.807) is 0 Å². The predicted octanol–water partition coefficient (Wildman–Crippen LogP) is -0.0449. The Morgan fingerprint density at radius 2 is 2.50 bits per heavy atom. The molecule has 0 saturated heterocycles. The van der Waals surface area contributed by atoms with Gasteiger partial charge in [-0.15, -0.1) is 4.73 Å². The monoisotopic (exact) mass is 160 g/mol. The van der Waals surface area contributed by atoms with Crippen molar-refractivity contribution in [2.24, 2.45) is 0 Å². The molecule has 0 aliphatic heterocycles. The van der Waals surface area contributed by atoms with Crippen LogP contribution in [0.1, 0.15) is 0 Å². The summed E-state index contributed by atoms with van der Waals surface area (Å²) in [4.78, 5) is 19.0. The Morgan fingerprint density at radius 1 is 1.80 bits per heavy atom. The van der Waals surface area contributed by atoms with Gasteiger partial charge in [-0.1, -0.05) is 0 Å². The maximum absolute atomic E-state index is 10.8. The minimum atomic E-state index is -0.331. The van der Waals surface area contributed by atoms with Crippen LogP contribution >= 0.6 is 11.6 Å². The summed E-state index contributed by atoms with van der Waals surface area (Å²) in [5, 5.41) is 0.0231. The minimum Gasteiger partial charge on any atom is -0.411 e. The molecule has 0 radical (unpaired) electrons. The van der Waals surface area contributed by atoms with Crippen molar-refractivity contribution in [3.05, 3.63) is 27.9 Å². The Hall–Kier alpha value is -1.03. The highest BCUT2D eigenvalue weighted by Gasteiger charge is 1.98. The summed E-state index contributed by atoms with van der Waals surface area (Å²) in [6, 6.07) is 1.26. The summed E-state index contributed by atoms with van der Waals surface area (Å²) in [6.45, 7) is 0. The second-order valence-corrected chi connectivity index (χ2v) is 1.87. The number of aromatic nitrogens is 2. The lowest BCUT2D eigenvalue weighted by atomic mass is 10.7. The van der Waals surface area contributed by atoms with Crippen molar-refractivity contribution in [1.82, 2.24) is 9.71 Å². The van der Waals surface area contributed by atoms with Crippen LogP contribution in [-0.4, -0.2) is 16.8 Å². The zero-order valence-corrected chi connectivity index (χ0v) is 6.00. The van der Waals surface area contributed by atoms with Crippen LogP contribution in [0.3, 0.4) is 0 Å². The van der Waals surface area contributed by atoms with E-state index in [4.69, 9.17) is 11.6 Å². The van der Waals surface area contributed by atoms with Gasteiger partial charge in [0.05, 0.1) is 0 Å². The zero-order valence-electron chi connectivity index (χ0n) is 5.24. The molecule has 1 rings (SSSR count). The molecule has 54 valence electrons. The standard InChI is InChI=1S/C5H5ClN2O2/c1-10-8-4(9)2-3-7-5(8)6/h2-3H,1H3.